The Bertz CT molecular complexity index is 4150. The molecule has 2 heterocycles. The topological polar surface area (TPSA) is 3.24 Å². The van der Waals surface area contributed by atoms with Crippen molar-refractivity contribution in [3.8, 4) is 22.3 Å². The Balaban J connectivity index is 0.991. The summed E-state index contributed by atoms with van der Waals surface area (Å²) in [5.41, 5.74) is 18.3. The average Bonchev–Trinajstić information content (AvgIpc) is 3.88. The Labute approximate surface area is 421 Å². The number of rotatable bonds is 3. The minimum atomic E-state index is -0.506. The molecule has 0 aromatic heterocycles. The first-order valence-electron chi connectivity index (χ1n) is 24.6. The molecule has 12 aromatic carbocycles. The molecule has 0 N–H and O–H groups in total. The molecule has 2 aliphatic carbocycles. The van der Waals surface area contributed by atoms with Crippen molar-refractivity contribution in [2.24, 2.45) is 0 Å². The lowest BCUT2D eigenvalue weighted by atomic mass is 9.67. The molecule has 0 saturated carbocycles. The molecule has 16 rings (SSSR count). The Kier molecular flexibility index (Phi) is 8.24. The molecule has 2 spiro atoms. The van der Waals surface area contributed by atoms with E-state index in [1.807, 2.05) is 23.5 Å². The summed E-state index contributed by atoms with van der Waals surface area (Å²) < 4.78 is 0. The van der Waals surface area contributed by atoms with Crippen molar-refractivity contribution in [3.63, 3.8) is 0 Å². The van der Waals surface area contributed by atoms with Gasteiger partial charge < -0.3 is 4.90 Å². The SMILES string of the molecule is c1ccc2c(c1)Sc1ccccc1C21c2ccccc2-c2cc(N(c3ccc4c(c3)C3(c5ccccc5Sc5ccccc53)c3ccccc3-4)c3ccc4c5ccccc5c5ccccc5c4c3)ccc21. The lowest BCUT2D eigenvalue weighted by molar-refractivity contribution is 0.722. The minimum absolute atomic E-state index is 0.456. The number of nitrogens with zero attached hydrogens (tertiary/aromatic N) is 1. The van der Waals surface area contributed by atoms with E-state index in [-0.39, 0.29) is 0 Å². The van der Waals surface area contributed by atoms with Crippen molar-refractivity contribution in [1.29, 1.82) is 0 Å². The third kappa shape index (κ3) is 5.19. The summed E-state index contributed by atoms with van der Waals surface area (Å²) in [6.45, 7) is 0. The molecule has 0 saturated heterocycles. The number of hydrogen-bond acceptors (Lipinski definition) is 3. The lowest BCUT2D eigenvalue weighted by Crippen LogP contribution is -2.32. The monoisotopic (exact) mass is 935 g/mol. The van der Waals surface area contributed by atoms with E-state index in [2.05, 4.69) is 254 Å². The predicted octanol–water partition coefficient (Wildman–Crippen LogP) is 18.3. The molecule has 0 fully saturated rings. The van der Waals surface area contributed by atoms with Crippen LogP contribution in [0.25, 0.3) is 54.6 Å². The highest BCUT2D eigenvalue weighted by Crippen LogP contribution is 2.65. The van der Waals surface area contributed by atoms with Crippen molar-refractivity contribution < 1.29 is 0 Å². The fraction of sp³-hybridized carbons (Fsp3) is 0.0294. The summed E-state index contributed by atoms with van der Waals surface area (Å²) in [5.74, 6) is 0. The third-order valence-corrected chi connectivity index (χ3v) is 18.5. The van der Waals surface area contributed by atoms with E-state index in [9.17, 15) is 0 Å². The summed E-state index contributed by atoms with van der Waals surface area (Å²) in [7, 11) is 0. The normalized spacial score (nSPS) is 14.6. The molecule has 0 amide bonds. The maximum absolute atomic E-state index is 2.54. The largest absolute Gasteiger partial charge is 0.310 e. The average molecular weight is 936 g/mol. The fourth-order valence-corrected chi connectivity index (χ4v) is 15.8. The van der Waals surface area contributed by atoms with E-state index >= 15 is 0 Å². The molecular formula is C68H41NS2. The summed E-state index contributed by atoms with van der Waals surface area (Å²) >= 11 is 3.79. The van der Waals surface area contributed by atoms with Crippen molar-refractivity contribution >= 4 is 72.9 Å². The van der Waals surface area contributed by atoms with Crippen LogP contribution in [0.15, 0.2) is 268 Å². The van der Waals surface area contributed by atoms with Crippen LogP contribution in [0.1, 0.15) is 44.5 Å². The van der Waals surface area contributed by atoms with Crippen LogP contribution in [0.5, 0.6) is 0 Å². The van der Waals surface area contributed by atoms with Crippen LogP contribution in [0.2, 0.25) is 0 Å². The first-order valence-corrected chi connectivity index (χ1v) is 26.2. The summed E-state index contributed by atoms with van der Waals surface area (Å²) in [4.78, 5) is 7.78. The van der Waals surface area contributed by atoms with Gasteiger partial charge in [-0.25, -0.2) is 0 Å². The predicted molar refractivity (Wildman–Crippen MR) is 296 cm³/mol. The van der Waals surface area contributed by atoms with Gasteiger partial charge in [0.2, 0.25) is 0 Å². The molecule has 0 atom stereocenters. The second kappa shape index (κ2) is 14.7. The molecule has 2 aliphatic heterocycles. The number of anilines is 3. The Hall–Kier alpha value is -8.08. The van der Waals surface area contributed by atoms with Gasteiger partial charge in [-0.05, 0) is 160 Å². The van der Waals surface area contributed by atoms with Crippen molar-refractivity contribution in [2.45, 2.75) is 30.4 Å². The van der Waals surface area contributed by atoms with Gasteiger partial charge in [0.1, 0.15) is 0 Å². The highest BCUT2D eigenvalue weighted by molar-refractivity contribution is 7.99. The second-order valence-electron chi connectivity index (χ2n) is 19.4. The first-order chi connectivity index (χ1) is 35.2. The van der Waals surface area contributed by atoms with E-state index in [1.54, 1.807) is 0 Å². The number of hydrogen-bond donors (Lipinski definition) is 0. The zero-order valence-corrected chi connectivity index (χ0v) is 40.1. The van der Waals surface area contributed by atoms with Crippen LogP contribution < -0.4 is 4.90 Å². The van der Waals surface area contributed by atoms with Crippen LogP contribution in [-0.2, 0) is 10.8 Å². The van der Waals surface area contributed by atoms with Crippen molar-refractivity contribution in [3.05, 3.63) is 293 Å². The molecule has 0 radical (unpaired) electrons. The summed E-state index contributed by atoms with van der Waals surface area (Å²) in [6, 6.07) is 94.4. The van der Waals surface area contributed by atoms with Gasteiger partial charge >= 0.3 is 0 Å². The van der Waals surface area contributed by atoms with E-state index < -0.39 is 10.8 Å². The Morgan fingerprint density at radius 3 is 1.10 bits per heavy atom. The quantitative estimate of drug-likeness (QED) is 0.163. The van der Waals surface area contributed by atoms with Gasteiger partial charge in [-0.3, -0.25) is 0 Å². The molecule has 1 nitrogen and oxygen atoms in total. The van der Waals surface area contributed by atoms with E-state index in [0.717, 1.165) is 17.1 Å². The summed E-state index contributed by atoms with van der Waals surface area (Å²) in [5, 5.41) is 7.60. The third-order valence-electron chi connectivity index (χ3n) is 16.2. The smallest absolute Gasteiger partial charge is 0.0736 e. The number of fused-ring (bicyclic) bond motifs is 24. The van der Waals surface area contributed by atoms with Crippen LogP contribution in [-0.4, -0.2) is 0 Å². The van der Waals surface area contributed by atoms with Crippen molar-refractivity contribution in [1.82, 2.24) is 0 Å². The molecule has 0 unspecified atom stereocenters. The van der Waals surface area contributed by atoms with Crippen LogP contribution in [0, 0.1) is 0 Å². The summed E-state index contributed by atoms with van der Waals surface area (Å²) in [6.07, 6.45) is 0. The van der Waals surface area contributed by atoms with Gasteiger partial charge in [-0.2, -0.15) is 0 Å². The maximum Gasteiger partial charge on any atom is 0.0736 e. The molecular weight excluding hydrogens is 895 g/mol. The van der Waals surface area contributed by atoms with Gasteiger partial charge in [-0.15, -0.1) is 0 Å². The Morgan fingerprint density at radius 2 is 0.563 bits per heavy atom. The van der Waals surface area contributed by atoms with E-state index in [0.29, 0.717) is 0 Å². The van der Waals surface area contributed by atoms with E-state index in [1.165, 1.54) is 119 Å². The zero-order valence-electron chi connectivity index (χ0n) is 38.4. The highest BCUT2D eigenvalue weighted by Gasteiger charge is 2.52. The number of benzene rings is 12. The Morgan fingerprint density at radius 1 is 0.225 bits per heavy atom. The van der Waals surface area contributed by atoms with Gasteiger partial charge in [0.15, 0.2) is 0 Å². The zero-order chi connectivity index (χ0) is 46.4. The second-order valence-corrected chi connectivity index (χ2v) is 21.6. The van der Waals surface area contributed by atoms with E-state index in [4.69, 9.17) is 0 Å². The molecule has 330 valence electrons. The molecule has 4 aliphatic rings. The molecule has 12 aromatic rings. The molecule has 71 heavy (non-hydrogen) atoms. The fourth-order valence-electron chi connectivity index (χ4n) is 13.4. The van der Waals surface area contributed by atoms with Gasteiger partial charge in [-0.1, -0.05) is 212 Å². The maximum atomic E-state index is 2.54. The van der Waals surface area contributed by atoms with Crippen LogP contribution >= 0.6 is 23.5 Å². The van der Waals surface area contributed by atoms with Gasteiger partial charge in [0.05, 0.1) is 10.8 Å². The molecule has 3 heteroatoms. The standard InChI is InChI=1S/C68H41NS2/c1-2-19-47-45(17-1)46-18-3-4-20-48(46)53-39-42(33-36-49(47)53)69(43-35-38-57-54(40-43)51-22-6-8-24-56(51)67(57)58-25-9-13-29-63(58)70-64-30-14-10-26-59(64)67)44-34-37-52-50-21-5-7-23-55(50)68(62(52)41-44)60-27-11-15-31-65(60)71-66-32-16-12-28-61(66)68/h1-41H. The van der Waals surface area contributed by atoms with Crippen LogP contribution in [0.3, 0.4) is 0 Å². The van der Waals surface area contributed by atoms with Gasteiger partial charge in [0.25, 0.3) is 0 Å². The lowest BCUT2D eigenvalue weighted by Gasteiger charge is -2.40. The van der Waals surface area contributed by atoms with Gasteiger partial charge in [0, 0.05) is 36.6 Å². The highest BCUT2D eigenvalue weighted by atomic mass is 32.2. The minimum Gasteiger partial charge on any atom is -0.310 e. The van der Waals surface area contributed by atoms with Crippen molar-refractivity contribution in [2.75, 3.05) is 4.90 Å². The molecule has 0 bridgehead atoms. The first kappa shape index (κ1) is 39.7. The van der Waals surface area contributed by atoms with Crippen LogP contribution in [0.4, 0.5) is 17.1 Å².